The molecule has 0 aliphatic carbocycles. The van der Waals surface area contributed by atoms with E-state index in [1.165, 1.54) is 10.5 Å². The third kappa shape index (κ3) is 3.91. The zero-order chi connectivity index (χ0) is 18.7. The zero-order valence-electron chi connectivity index (χ0n) is 14.9. The Morgan fingerprint density at radius 3 is 2.73 bits per heavy atom. The highest BCUT2D eigenvalue weighted by Gasteiger charge is 2.18. The number of hydrogen-bond acceptors (Lipinski definition) is 3. The van der Waals surface area contributed by atoms with Crippen LogP contribution in [0.4, 0.5) is 0 Å². The number of aromatic amines is 1. The first-order valence-electron chi connectivity index (χ1n) is 8.51. The summed E-state index contributed by atoms with van der Waals surface area (Å²) in [5.41, 5.74) is 10.1. The summed E-state index contributed by atoms with van der Waals surface area (Å²) >= 11 is 11.8. The van der Waals surface area contributed by atoms with Gasteiger partial charge in [-0.3, -0.25) is 0 Å². The highest BCUT2D eigenvalue weighted by atomic mass is 79.9. The van der Waals surface area contributed by atoms with Crippen LogP contribution < -0.4 is 10.5 Å². The van der Waals surface area contributed by atoms with Gasteiger partial charge in [0.1, 0.15) is 5.75 Å². The first-order valence-corrected chi connectivity index (χ1v) is 10.9. The molecule has 0 amide bonds. The number of halogens is 2. The van der Waals surface area contributed by atoms with Crippen molar-refractivity contribution in [2.24, 2.45) is 5.73 Å². The molecule has 2 aromatic carbocycles. The SMILES string of the molecule is COc1ccc(SC)cc1-c1[nH]c2c(Cl)cc(Br)cc2c1CCCCN. The summed E-state index contributed by atoms with van der Waals surface area (Å²) in [6.07, 6.45) is 5.04. The number of benzene rings is 2. The molecule has 0 spiro atoms. The third-order valence-electron chi connectivity index (χ3n) is 4.49. The number of unbranched alkanes of at least 4 members (excludes halogenated alkanes) is 1. The Bertz CT molecular complexity index is 926. The molecule has 0 fully saturated rings. The topological polar surface area (TPSA) is 51.0 Å². The van der Waals surface area contributed by atoms with E-state index in [0.29, 0.717) is 11.6 Å². The monoisotopic (exact) mass is 452 g/mol. The molecule has 0 atom stereocenters. The lowest BCUT2D eigenvalue weighted by atomic mass is 9.99. The fourth-order valence-electron chi connectivity index (χ4n) is 3.22. The number of nitrogens with two attached hydrogens (primary N) is 1. The Morgan fingerprint density at radius 1 is 1.23 bits per heavy atom. The number of aromatic nitrogens is 1. The van der Waals surface area contributed by atoms with E-state index in [1.807, 2.05) is 12.1 Å². The van der Waals surface area contributed by atoms with Gasteiger partial charge in [0, 0.05) is 20.3 Å². The number of hydrogen-bond donors (Lipinski definition) is 2. The summed E-state index contributed by atoms with van der Waals surface area (Å²) in [5, 5.41) is 1.86. The summed E-state index contributed by atoms with van der Waals surface area (Å²) in [6, 6.07) is 10.3. The van der Waals surface area contributed by atoms with Gasteiger partial charge >= 0.3 is 0 Å². The second-order valence-corrected chi connectivity index (χ2v) is 8.30. The van der Waals surface area contributed by atoms with Crippen LogP contribution in [0.15, 0.2) is 39.7 Å². The van der Waals surface area contributed by atoms with Gasteiger partial charge < -0.3 is 15.5 Å². The van der Waals surface area contributed by atoms with E-state index in [2.05, 4.69) is 45.4 Å². The van der Waals surface area contributed by atoms with Crippen LogP contribution in [-0.4, -0.2) is 24.9 Å². The second kappa shape index (κ2) is 8.70. The minimum atomic E-state index is 0.702. The van der Waals surface area contributed by atoms with Crippen LogP contribution in [0.2, 0.25) is 5.02 Å². The number of thioether (sulfide) groups is 1. The Labute approximate surface area is 171 Å². The zero-order valence-corrected chi connectivity index (χ0v) is 18.0. The van der Waals surface area contributed by atoms with E-state index in [4.69, 9.17) is 22.1 Å². The van der Waals surface area contributed by atoms with Gasteiger partial charge in [-0.15, -0.1) is 11.8 Å². The smallest absolute Gasteiger partial charge is 0.128 e. The van der Waals surface area contributed by atoms with Crippen molar-refractivity contribution >= 4 is 50.2 Å². The molecular weight excluding hydrogens is 432 g/mol. The van der Waals surface area contributed by atoms with Crippen molar-refractivity contribution < 1.29 is 4.74 Å². The van der Waals surface area contributed by atoms with Crippen molar-refractivity contribution in [1.82, 2.24) is 4.98 Å². The Hall–Kier alpha value is -1.14. The lowest BCUT2D eigenvalue weighted by Crippen LogP contribution is -1.99. The van der Waals surface area contributed by atoms with E-state index in [9.17, 15) is 0 Å². The van der Waals surface area contributed by atoms with Crippen molar-refractivity contribution in [3.63, 3.8) is 0 Å². The van der Waals surface area contributed by atoms with Gasteiger partial charge in [0.25, 0.3) is 0 Å². The molecule has 3 nitrogen and oxygen atoms in total. The van der Waals surface area contributed by atoms with Crippen molar-refractivity contribution in [1.29, 1.82) is 0 Å². The fourth-order valence-corrected chi connectivity index (χ4v) is 4.51. The number of nitrogens with one attached hydrogen (secondary N) is 1. The molecule has 0 radical (unpaired) electrons. The van der Waals surface area contributed by atoms with Crippen molar-refractivity contribution in [3.8, 4) is 17.0 Å². The summed E-state index contributed by atoms with van der Waals surface area (Å²) in [6.45, 7) is 0.702. The molecule has 0 aliphatic heterocycles. The normalized spacial score (nSPS) is 11.3. The maximum Gasteiger partial charge on any atom is 0.128 e. The molecule has 26 heavy (non-hydrogen) atoms. The molecule has 0 saturated heterocycles. The lowest BCUT2D eigenvalue weighted by molar-refractivity contribution is 0.416. The van der Waals surface area contributed by atoms with Crippen LogP contribution in [0, 0.1) is 0 Å². The van der Waals surface area contributed by atoms with Gasteiger partial charge in [-0.25, -0.2) is 0 Å². The fraction of sp³-hybridized carbons (Fsp3) is 0.300. The Kier molecular flexibility index (Phi) is 6.56. The number of fused-ring (bicyclic) bond motifs is 1. The largest absolute Gasteiger partial charge is 0.496 e. The standard InChI is InChI=1S/C20H22BrClN2OS/c1-25-18-7-6-13(26-2)11-16(18)19-14(5-3-4-8-23)15-9-12(21)10-17(22)20(15)24-19/h6-7,9-11,24H,3-5,8,23H2,1-2H3. The molecule has 0 unspecified atom stereocenters. The van der Waals surface area contributed by atoms with Gasteiger partial charge in [0.15, 0.2) is 0 Å². The average Bonchev–Trinajstić information content (AvgIpc) is 3.00. The van der Waals surface area contributed by atoms with Crippen LogP contribution in [0.25, 0.3) is 22.2 Å². The van der Waals surface area contributed by atoms with E-state index in [-0.39, 0.29) is 0 Å². The van der Waals surface area contributed by atoms with E-state index in [1.54, 1.807) is 18.9 Å². The molecule has 0 saturated carbocycles. The van der Waals surface area contributed by atoms with Crippen LogP contribution >= 0.6 is 39.3 Å². The first kappa shape index (κ1) is 19.6. The number of aryl methyl sites for hydroxylation is 1. The van der Waals surface area contributed by atoms with Crippen LogP contribution in [0.1, 0.15) is 18.4 Å². The summed E-state index contributed by atoms with van der Waals surface area (Å²) in [7, 11) is 1.71. The Morgan fingerprint density at radius 2 is 2.04 bits per heavy atom. The number of H-pyrrole nitrogens is 1. The van der Waals surface area contributed by atoms with Crippen molar-refractivity contribution in [2.45, 2.75) is 24.2 Å². The molecule has 3 N–H and O–H groups in total. The summed E-state index contributed by atoms with van der Waals surface area (Å²) in [5.74, 6) is 0.851. The number of ether oxygens (including phenoxy) is 1. The second-order valence-electron chi connectivity index (χ2n) is 6.10. The number of methoxy groups -OCH3 is 1. The van der Waals surface area contributed by atoms with Crippen LogP contribution in [0.3, 0.4) is 0 Å². The minimum Gasteiger partial charge on any atom is -0.496 e. The molecule has 138 valence electrons. The third-order valence-corrected chi connectivity index (χ3v) is 5.97. The average molecular weight is 454 g/mol. The van der Waals surface area contributed by atoms with E-state index >= 15 is 0 Å². The van der Waals surface area contributed by atoms with Gasteiger partial charge in [-0.1, -0.05) is 27.5 Å². The van der Waals surface area contributed by atoms with Crippen molar-refractivity contribution in [3.05, 3.63) is 45.4 Å². The molecule has 0 aliphatic rings. The summed E-state index contributed by atoms with van der Waals surface area (Å²) in [4.78, 5) is 4.75. The predicted molar refractivity (Wildman–Crippen MR) is 117 cm³/mol. The van der Waals surface area contributed by atoms with E-state index < -0.39 is 0 Å². The molecule has 3 aromatic rings. The van der Waals surface area contributed by atoms with Crippen molar-refractivity contribution in [2.75, 3.05) is 19.9 Å². The molecule has 6 heteroatoms. The first-order chi connectivity index (χ1) is 12.6. The predicted octanol–water partition coefficient (Wildman–Crippen LogP) is 6.26. The van der Waals surface area contributed by atoms with Crippen LogP contribution in [-0.2, 0) is 6.42 Å². The lowest BCUT2D eigenvalue weighted by Gasteiger charge is -2.11. The highest BCUT2D eigenvalue weighted by molar-refractivity contribution is 9.10. The van der Waals surface area contributed by atoms with Gasteiger partial charge in [0.05, 0.1) is 23.3 Å². The number of rotatable bonds is 7. The molecular formula is C20H22BrClN2OS. The van der Waals surface area contributed by atoms with Crippen LogP contribution in [0.5, 0.6) is 5.75 Å². The Balaban J connectivity index is 2.24. The maximum atomic E-state index is 6.51. The van der Waals surface area contributed by atoms with E-state index in [0.717, 1.165) is 51.6 Å². The van der Waals surface area contributed by atoms with Gasteiger partial charge in [0.2, 0.25) is 0 Å². The minimum absolute atomic E-state index is 0.702. The molecule has 0 bridgehead atoms. The highest BCUT2D eigenvalue weighted by Crippen LogP contribution is 2.41. The molecule has 1 heterocycles. The quantitative estimate of drug-likeness (QED) is 0.328. The molecule has 3 rings (SSSR count). The van der Waals surface area contributed by atoms with Gasteiger partial charge in [-0.2, -0.15) is 0 Å². The summed E-state index contributed by atoms with van der Waals surface area (Å²) < 4.78 is 6.62. The van der Waals surface area contributed by atoms with Gasteiger partial charge in [-0.05, 0) is 68.0 Å². The maximum absolute atomic E-state index is 6.51. The molecule has 1 aromatic heterocycles.